The van der Waals surface area contributed by atoms with Gasteiger partial charge in [-0.05, 0) is 39.7 Å². The highest BCUT2D eigenvalue weighted by Gasteiger charge is 2.27. The largest absolute Gasteiger partial charge is 0.348 e. The first-order chi connectivity index (χ1) is 9.65. The molecular formula is C15H26N4O. The van der Waals surface area contributed by atoms with E-state index in [0.717, 1.165) is 38.9 Å². The van der Waals surface area contributed by atoms with Crippen LogP contribution in [0, 0.1) is 0 Å². The van der Waals surface area contributed by atoms with E-state index >= 15 is 0 Å². The third-order valence-corrected chi connectivity index (χ3v) is 3.86. The van der Waals surface area contributed by atoms with Crippen LogP contribution in [0.4, 0.5) is 5.82 Å². The Kier molecular flexibility index (Phi) is 5.17. The Labute approximate surface area is 121 Å². The van der Waals surface area contributed by atoms with Gasteiger partial charge in [0.25, 0.3) is 5.56 Å². The Balaban J connectivity index is 2.17. The average Bonchev–Trinajstić information content (AvgIpc) is 2.87. The summed E-state index contributed by atoms with van der Waals surface area (Å²) in [7, 11) is 0. The van der Waals surface area contributed by atoms with Crippen LogP contribution in [-0.2, 0) is 0 Å². The number of nitrogens with one attached hydrogen (secondary N) is 1. The molecule has 1 aliphatic rings. The van der Waals surface area contributed by atoms with Crippen LogP contribution in [0.25, 0.3) is 0 Å². The number of rotatable bonds is 6. The first kappa shape index (κ1) is 15.0. The zero-order chi connectivity index (χ0) is 14.5. The minimum absolute atomic E-state index is 0.0323. The van der Waals surface area contributed by atoms with Crippen LogP contribution in [0.3, 0.4) is 0 Å². The number of aromatic nitrogens is 2. The van der Waals surface area contributed by atoms with E-state index in [1.165, 1.54) is 0 Å². The van der Waals surface area contributed by atoms with Gasteiger partial charge in [0.2, 0.25) is 0 Å². The van der Waals surface area contributed by atoms with Crippen molar-refractivity contribution in [3.63, 3.8) is 0 Å². The van der Waals surface area contributed by atoms with Gasteiger partial charge < -0.3 is 14.8 Å². The van der Waals surface area contributed by atoms with Gasteiger partial charge in [-0.15, -0.1) is 0 Å². The van der Waals surface area contributed by atoms with Crippen molar-refractivity contribution >= 4 is 5.82 Å². The second-order valence-electron chi connectivity index (χ2n) is 5.75. The number of hydrogen-bond donors (Lipinski definition) is 1. The molecule has 0 aromatic carbocycles. The highest BCUT2D eigenvalue weighted by Crippen LogP contribution is 2.21. The molecule has 2 heterocycles. The monoisotopic (exact) mass is 278 g/mol. The van der Waals surface area contributed by atoms with E-state index < -0.39 is 0 Å². The molecule has 1 fully saturated rings. The number of nitrogens with zero attached hydrogens (tertiary/aromatic N) is 3. The first-order valence-electron chi connectivity index (χ1n) is 7.69. The fourth-order valence-corrected chi connectivity index (χ4v) is 2.79. The molecule has 1 aromatic rings. The molecule has 1 saturated heterocycles. The van der Waals surface area contributed by atoms with Crippen molar-refractivity contribution in [2.24, 2.45) is 0 Å². The van der Waals surface area contributed by atoms with E-state index in [-0.39, 0.29) is 11.6 Å². The lowest BCUT2D eigenvalue weighted by Crippen LogP contribution is -2.42. The summed E-state index contributed by atoms with van der Waals surface area (Å²) in [5.41, 5.74) is 0.0323. The van der Waals surface area contributed by atoms with Gasteiger partial charge in [-0.2, -0.15) is 0 Å². The van der Waals surface area contributed by atoms with E-state index in [9.17, 15) is 4.79 Å². The fourth-order valence-electron chi connectivity index (χ4n) is 2.79. The Morgan fingerprint density at radius 2 is 2.30 bits per heavy atom. The second kappa shape index (κ2) is 6.88. The predicted octanol–water partition coefficient (Wildman–Crippen LogP) is 1.79. The van der Waals surface area contributed by atoms with E-state index in [1.807, 2.05) is 13.8 Å². The van der Waals surface area contributed by atoms with Gasteiger partial charge in [-0.1, -0.05) is 6.92 Å². The van der Waals surface area contributed by atoms with Crippen molar-refractivity contribution in [3.8, 4) is 0 Å². The van der Waals surface area contributed by atoms with Crippen molar-refractivity contribution in [3.05, 3.63) is 22.7 Å². The number of anilines is 1. The molecule has 1 N–H and O–H groups in total. The molecule has 1 atom stereocenters. The summed E-state index contributed by atoms with van der Waals surface area (Å²) in [4.78, 5) is 19.0. The molecule has 2 rings (SSSR count). The molecule has 5 nitrogen and oxygen atoms in total. The van der Waals surface area contributed by atoms with Crippen molar-refractivity contribution < 1.29 is 0 Å². The summed E-state index contributed by atoms with van der Waals surface area (Å²) in [5, 5.41) is 3.46. The van der Waals surface area contributed by atoms with Crippen molar-refractivity contribution in [2.75, 3.05) is 24.5 Å². The average molecular weight is 278 g/mol. The van der Waals surface area contributed by atoms with Crippen molar-refractivity contribution in [1.82, 2.24) is 14.9 Å². The lowest BCUT2D eigenvalue weighted by atomic mass is 10.2. The lowest BCUT2D eigenvalue weighted by Gasteiger charge is -2.26. The van der Waals surface area contributed by atoms with Gasteiger partial charge in [-0.3, -0.25) is 4.79 Å². The van der Waals surface area contributed by atoms with Gasteiger partial charge in [-0.25, -0.2) is 4.98 Å². The van der Waals surface area contributed by atoms with Gasteiger partial charge in [0.1, 0.15) is 0 Å². The summed E-state index contributed by atoms with van der Waals surface area (Å²) < 4.78 is 1.76. The maximum atomic E-state index is 12.5. The quantitative estimate of drug-likeness (QED) is 0.806. The minimum atomic E-state index is 0.0323. The third kappa shape index (κ3) is 3.20. The molecule has 0 radical (unpaired) electrons. The van der Waals surface area contributed by atoms with Crippen LogP contribution in [-0.4, -0.2) is 35.2 Å². The third-order valence-electron chi connectivity index (χ3n) is 3.86. The van der Waals surface area contributed by atoms with Gasteiger partial charge in [0.05, 0.1) is 0 Å². The van der Waals surface area contributed by atoms with Crippen LogP contribution >= 0.6 is 0 Å². The van der Waals surface area contributed by atoms with Crippen LogP contribution in [0.2, 0.25) is 0 Å². The molecule has 5 heteroatoms. The standard InChI is InChI=1S/C15H26N4O/c1-4-7-16-11-13-6-5-9-19(13)14-15(20)18(12(2)3)10-8-17-14/h8,10,12-13,16H,4-7,9,11H2,1-3H3. The summed E-state index contributed by atoms with van der Waals surface area (Å²) >= 11 is 0. The van der Waals surface area contributed by atoms with Gasteiger partial charge >= 0.3 is 0 Å². The maximum Gasteiger partial charge on any atom is 0.293 e. The molecule has 0 spiro atoms. The molecule has 0 bridgehead atoms. The summed E-state index contributed by atoms with van der Waals surface area (Å²) in [6, 6.07) is 0.563. The molecule has 112 valence electrons. The van der Waals surface area contributed by atoms with E-state index in [4.69, 9.17) is 0 Å². The summed E-state index contributed by atoms with van der Waals surface area (Å²) in [6.45, 7) is 9.11. The second-order valence-corrected chi connectivity index (χ2v) is 5.75. The maximum absolute atomic E-state index is 12.5. The number of hydrogen-bond acceptors (Lipinski definition) is 4. The molecule has 20 heavy (non-hydrogen) atoms. The SMILES string of the molecule is CCCNCC1CCCN1c1nccn(C(C)C)c1=O. The smallest absolute Gasteiger partial charge is 0.293 e. The van der Waals surface area contributed by atoms with Crippen molar-refractivity contribution in [2.45, 2.75) is 52.1 Å². The van der Waals surface area contributed by atoms with Crippen LogP contribution < -0.4 is 15.8 Å². The van der Waals surface area contributed by atoms with Gasteiger partial charge in [0, 0.05) is 37.6 Å². The van der Waals surface area contributed by atoms with Crippen LogP contribution in [0.15, 0.2) is 17.2 Å². The zero-order valence-corrected chi connectivity index (χ0v) is 12.8. The highest BCUT2D eigenvalue weighted by molar-refractivity contribution is 5.39. The Bertz CT molecular complexity index is 483. The molecule has 0 saturated carbocycles. The minimum Gasteiger partial charge on any atom is -0.348 e. The predicted molar refractivity (Wildman–Crippen MR) is 82.4 cm³/mol. The fraction of sp³-hybridized carbons (Fsp3) is 0.733. The Hall–Kier alpha value is -1.36. The topological polar surface area (TPSA) is 50.2 Å². The van der Waals surface area contributed by atoms with E-state index in [2.05, 4.69) is 22.1 Å². The van der Waals surface area contributed by atoms with Crippen LogP contribution in [0.5, 0.6) is 0 Å². The molecule has 1 aliphatic heterocycles. The normalized spacial score (nSPS) is 19.0. The van der Waals surface area contributed by atoms with Gasteiger partial charge in [0.15, 0.2) is 5.82 Å². The summed E-state index contributed by atoms with van der Waals surface area (Å²) in [5.74, 6) is 0.613. The Morgan fingerprint density at radius 3 is 3.00 bits per heavy atom. The first-order valence-corrected chi connectivity index (χ1v) is 7.69. The summed E-state index contributed by atoms with van der Waals surface area (Å²) in [6.07, 6.45) is 6.92. The molecule has 0 aliphatic carbocycles. The van der Waals surface area contributed by atoms with Crippen molar-refractivity contribution in [1.29, 1.82) is 0 Å². The highest BCUT2D eigenvalue weighted by atomic mass is 16.1. The molecule has 1 unspecified atom stereocenters. The molecule has 1 aromatic heterocycles. The Morgan fingerprint density at radius 1 is 1.50 bits per heavy atom. The zero-order valence-electron chi connectivity index (χ0n) is 12.8. The molecule has 0 amide bonds. The lowest BCUT2D eigenvalue weighted by molar-refractivity contribution is 0.551. The van der Waals surface area contributed by atoms with E-state index in [0.29, 0.717) is 11.9 Å². The van der Waals surface area contributed by atoms with E-state index in [1.54, 1.807) is 17.0 Å². The van der Waals surface area contributed by atoms with Crippen LogP contribution in [0.1, 0.15) is 46.1 Å². The molecular weight excluding hydrogens is 252 g/mol.